The Labute approximate surface area is 210 Å². The van der Waals surface area contributed by atoms with Crippen LogP contribution < -0.4 is 5.32 Å². The summed E-state index contributed by atoms with van der Waals surface area (Å²) >= 11 is 0. The van der Waals surface area contributed by atoms with Gasteiger partial charge in [0, 0.05) is 25.5 Å². The minimum Gasteiger partial charge on any atom is -0.379 e. The Bertz CT molecular complexity index is 1230. The average molecular weight is 484 g/mol. The van der Waals surface area contributed by atoms with Gasteiger partial charge in [-0.15, -0.1) is 0 Å². The van der Waals surface area contributed by atoms with Crippen LogP contribution in [-0.2, 0) is 9.47 Å². The first-order valence-corrected chi connectivity index (χ1v) is 12.3. The fourth-order valence-electron chi connectivity index (χ4n) is 5.56. The van der Waals surface area contributed by atoms with Crippen LogP contribution in [0.5, 0.6) is 0 Å². The van der Waals surface area contributed by atoms with Gasteiger partial charge in [-0.1, -0.05) is 67.6 Å². The SMILES string of the molecule is C[C@]1(CNc2cc(C#N)ccc2[N+](=O)[O-])CCCC2(C1)O[C@H](c1ccccc1)[C@@H](c1ccccc1)O2. The number of nitro benzene ring substituents is 1. The highest BCUT2D eigenvalue weighted by Gasteiger charge is 2.53. The van der Waals surface area contributed by atoms with E-state index in [0.717, 1.165) is 30.4 Å². The summed E-state index contributed by atoms with van der Waals surface area (Å²) in [6.45, 7) is 2.67. The van der Waals surface area contributed by atoms with Crippen molar-refractivity contribution in [2.24, 2.45) is 5.41 Å². The van der Waals surface area contributed by atoms with Crippen LogP contribution in [0.1, 0.15) is 61.5 Å². The maximum absolute atomic E-state index is 11.5. The highest BCUT2D eigenvalue weighted by atomic mass is 16.8. The molecule has 1 spiro atoms. The van der Waals surface area contributed by atoms with Crippen LogP contribution in [0.2, 0.25) is 0 Å². The molecule has 0 aromatic heterocycles. The van der Waals surface area contributed by atoms with Crippen molar-refractivity contribution >= 4 is 11.4 Å². The average Bonchev–Trinajstić information content (AvgIpc) is 3.26. The summed E-state index contributed by atoms with van der Waals surface area (Å²) in [4.78, 5) is 11.1. The van der Waals surface area contributed by atoms with Crippen LogP contribution in [-0.4, -0.2) is 17.3 Å². The number of nitro groups is 1. The summed E-state index contributed by atoms with van der Waals surface area (Å²) in [6.07, 6.45) is 2.85. The van der Waals surface area contributed by atoms with E-state index in [9.17, 15) is 15.4 Å². The van der Waals surface area contributed by atoms with Crippen molar-refractivity contribution in [2.75, 3.05) is 11.9 Å². The Balaban J connectivity index is 1.39. The first-order valence-electron chi connectivity index (χ1n) is 12.3. The first kappa shape index (κ1) is 24.0. The Hall–Kier alpha value is -3.73. The van der Waals surface area contributed by atoms with Crippen molar-refractivity contribution in [3.8, 4) is 6.07 Å². The molecule has 2 fully saturated rings. The zero-order valence-electron chi connectivity index (χ0n) is 20.2. The van der Waals surface area contributed by atoms with Gasteiger partial charge < -0.3 is 14.8 Å². The molecule has 7 heteroatoms. The molecule has 2 aliphatic rings. The van der Waals surface area contributed by atoms with Crippen molar-refractivity contribution in [3.63, 3.8) is 0 Å². The van der Waals surface area contributed by atoms with Crippen LogP contribution in [0.25, 0.3) is 0 Å². The number of ether oxygens (including phenoxy) is 2. The predicted molar refractivity (Wildman–Crippen MR) is 136 cm³/mol. The van der Waals surface area contributed by atoms with Crippen molar-refractivity contribution in [2.45, 2.75) is 50.6 Å². The molecule has 184 valence electrons. The number of hydrogen-bond donors (Lipinski definition) is 1. The molecule has 5 rings (SSSR count). The molecule has 1 N–H and O–H groups in total. The summed E-state index contributed by atoms with van der Waals surface area (Å²) < 4.78 is 13.6. The van der Waals surface area contributed by atoms with Gasteiger partial charge in [-0.25, -0.2) is 0 Å². The van der Waals surface area contributed by atoms with Crippen LogP contribution in [0.3, 0.4) is 0 Å². The second-order valence-electron chi connectivity index (χ2n) is 10.1. The monoisotopic (exact) mass is 483 g/mol. The third-order valence-corrected chi connectivity index (χ3v) is 7.28. The molecule has 3 aromatic rings. The Morgan fingerprint density at radius 2 is 1.61 bits per heavy atom. The molecule has 36 heavy (non-hydrogen) atoms. The molecule has 3 aromatic carbocycles. The smallest absolute Gasteiger partial charge is 0.292 e. The minimum atomic E-state index is -0.740. The summed E-state index contributed by atoms with van der Waals surface area (Å²) in [6, 6.07) is 26.8. The zero-order chi connectivity index (χ0) is 25.2. The highest BCUT2D eigenvalue weighted by molar-refractivity contribution is 5.64. The number of nitrogens with zero attached hydrogens (tertiary/aromatic N) is 2. The van der Waals surface area contributed by atoms with E-state index in [1.807, 2.05) is 36.4 Å². The third kappa shape index (κ3) is 4.83. The van der Waals surface area contributed by atoms with Gasteiger partial charge in [-0.2, -0.15) is 5.26 Å². The van der Waals surface area contributed by atoms with Gasteiger partial charge in [0.25, 0.3) is 5.69 Å². The van der Waals surface area contributed by atoms with E-state index in [0.29, 0.717) is 24.2 Å². The lowest BCUT2D eigenvalue weighted by molar-refractivity contribution is -0.384. The molecular formula is C29H29N3O4. The van der Waals surface area contributed by atoms with Crippen molar-refractivity contribution in [1.82, 2.24) is 0 Å². The maximum Gasteiger partial charge on any atom is 0.292 e. The Morgan fingerprint density at radius 1 is 1.00 bits per heavy atom. The lowest BCUT2D eigenvalue weighted by Crippen LogP contribution is -2.44. The zero-order valence-corrected chi connectivity index (χ0v) is 20.2. The normalized spacial score (nSPS) is 24.8. The molecule has 0 unspecified atom stereocenters. The molecule has 0 radical (unpaired) electrons. The molecule has 1 saturated carbocycles. The standard InChI is InChI=1S/C29H29N3O4/c1-28(20-31-24-17-21(18-30)13-14-25(24)32(33)34)15-8-16-29(19-28)35-26(22-9-4-2-5-10-22)27(36-29)23-11-6-3-7-12-23/h2-7,9-14,17,26-27,31H,8,15-16,19-20H2,1H3/t26-,27-,28+/m1/s1. The number of nitriles is 1. The van der Waals surface area contributed by atoms with E-state index in [1.54, 1.807) is 6.07 Å². The number of benzene rings is 3. The van der Waals surface area contributed by atoms with Gasteiger partial charge in [0.15, 0.2) is 5.79 Å². The Kier molecular flexibility index (Phi) is 6.48. The van der Waals surface area contributed by atoms with Gasteiger partial charge in [-0.05, 0) is 41.5 Å². The Morgan fingerprint density at radius 3 is 2.17 bits per heavy atom. The molecule has 1 heterocycles. The van der Waals surface area contributed by atoms with Crippen LogP contribution in [0.15, 0.2) is 78.9 Å². The lowest BCUT2D eigenvalue weighted by Gasteiger charge is -2.43. The fraction of sp³-hybridized carbons (Fsp3) is 0.345. The van der Waals surface area contributed by atoms with Crippen molar-refractivity contribution < 1.29 is 14.4 Å². The van der Waals surface area contributed by atoms with E-state index < -0.39 is 10.7 Å². The van der Waals surface area contributed by atoms with E-state index in [1.165, 1.54) is 12.1 Å². The molecule has 1 aliphatic heterocycles. The van der Waals surface area contributed by atoms with Gasteiger partial charge in [0.05, 0.1) is 16.6 Å². The summed E-state index contributed by atoms with van der Waals surface area (Å²) in [5.41, 5.74) is 2.64. The molecule has 0 bridgehead atoms. The van der Waals surface area contributed by atoms with Crippen molar-refractivity contribution in [3.05, 3.63) is 106 Å². The number of anilines is 1. The number of hydrogen-bond acceptors (Lipinski definition) is 6. The van der Waals surface area contributed by atoms with E-state index in [-0.39, 0.29) is 23.3 Å². The molecule has 7 nitrogen and oxygen atoms in total. The number of nitrogens with one attached hydrogen (secondary N) is 1. The highest BCUT2D eigenvalue weighted by Crippen LogP contribution is 2.55. The van der Waals surface area contributed by atoms with E-state index in [2.05, 4.69) is 42.6 Å². The lowest BCUT2D eigenvalue weighted by atomic mass is 9.72. The summed E-state index contributed by atoms with van der Waals surface area (Å²) in [5, 5.41) is 24.1. The third-order valence-electron chi connectivity index (χ3n) is 7.28. The summed E-state index contributed by atoms with van der Waals surface area (Å²) in [7, 11) is 0. The largest absolute Gasteiger partial charge is 0.379 e. The van der Waals surface area contributed by atoms with Crippen molar-refractivity contribution in [1.29, 1.82) is 5.26 Å². The fourth-order valence-corrected chi connectivity index (χ4v) is 5.56. The first-order chi connectivity index (χ1) is 17.4. The molecular weight excluding hydrogens is 454 g/mol. The quantitative estimate of drug-likeness (QED) is 0.310. The topological polar surface area (TPSA) is 97.4 Å². The van der Waals surface area contributed by atoms with Gasteiger partial charge >= 0.3 is 0 Å². The maximum atomic E-state index is 11.5. The van der Waals surface area contributed by atoms with Gasteiger partial charge in [0.2, 0.25) is 0 Å². The molecule has 3 atom stereocenters. The van der Waals surface area contributed by atoms with E-state index >= 15 is 0 Å². The van der Waals surface area contributed by atoms with Gasteiger partial charge in [0.1, 0.15) is 17.9 Å². The molecule has 1 saturated heterocycles. The minimum absolute atomic E-state index is 0.0372. The van der Waals surface area contributed by atoms with Crippen LogP contribution in [0, 0.1) is 26.9 Å². The van der Waals surface area contributed by atoms with Gasteiger partial charge in [-0.3, -0.25) is 10.1 Å². The molecule has 1 aliphatic carbocycles. The van der Waals surface area contributed by atoms with Crippen LogP contribution in [0.4, 0.5) is 11.4 Å². The summed E-state index contributed by atoms with van der Waals surface area (Å²) in [5.74, 6) is -0.740. The van der Waals surface area contributed by atoms with Crippen LogP contribution >= 0.6 is 0 Å². The predicted octanol–water partition coefficient (Wildman–Crippen LogP) is 6.68. The molecule has 0 amide bonds. The number of rotatable bonds is 6. The second-order valence-corrected chi connectivity index (χ2v) is 10.1. The second kappa shape index (κ2) is 9.73. The van der Waals surface area contributed by atoms with E-state index in [4.69, 9.17) is 9.47 Å².